The Hall–Kier alpha value is -2.75. The van der Waals surface area contributed by atoms with Crippen LogP contribution in [0.4, 0.5) is 5.69 Å². The monoisotopic (exact) mass is 337 g/mol. The molecule has 1 heterocycles. The lowest BCUT2D eigenvalue weighted by Gasteiger charge is -2.41. The first-order valence-electron chi connectivity index (χ1n) is 8.24. The fraction of sp³-hybridized carbons (Fsp3) is 0.286. The third kappa shape index (κ3) is 3.00. The molecular weight excluding hydrogens is 314 g/mol. The molecule has 130 valence electrons. The second kappa shape index (κ2) is 6.28. The molecule has 0 atom stereocenters. The molecule has 2 aromatic rings. The first-order valence-corrected chi connectivity index (χ1v) is 8.24. The number of benzene rings is 2. The average molecular weight is 337 g/mol. The van der Waals surface area contributed by atoms with Crippen LogP contribution in [0.25, 0.3) is 5.57 Å². The number of amides is 1. The zero-order valence-corrected chi connectivity index (χ0v) is 15.3. The van der Waals surface area contributed by atoms with Gasteiger partial charge in [0.25, 0.3) is 5.91 Å². The van der Waals surface area contributed by atoms with E-state index < -0.39 is 5.54 Å². The number of methoxy groups -OCH3 is 2. The minimum absolute atomic E-state index is 0.0564. The summed E-state index contributed by atoms with van der Waals surface area (Å²) in [5.74, 6) is 1.39. The summed E-state index contributed by atoms with van der Waals surface area (Å²) in [4.78, 5) is 15.2. The van der Waals surface area contributed by atoms with E-state index in [4.69, 9.17) is 9.47 Å². The van der Waals surface area contributed by atoms with E-state index >= 15 is 0 Å². The largest absolute Gasteiger partial charge is 0.497 e. The highest BCUT2D eigenvalue weighted by molar-refractivity contribution is 6.10. The fourth-order valence-corrected chi connectivity index (χ4v) is 3.39. The maximum atomic E-state index is 13.3. The SMILES string of the molecule is COc1cccc(C(=O)N2c3ccc(OC)cc3C(C)=CC2(C)C)c1. The quantitative estimate of drug-likeness (QED) is 0.825. The van der Waals surface area contributed by atoms with Crippen molar-refractivity contribution < 1.29 is 14.3 Å². The highest BCUT2D eigenvalue weighted by Crippen LogP contribution is 2.41. The maximum absolute atomic E-state index is 13.3. The number of hydrogen-bond donors (Lipinski definition) is 0. The van der Waals surface area contributed by atoms with Crippen molar-refractivity contribution >= 4 is 17.2 Å². The first-order chi connectivity index (χ1) is 11.9. The van der Waals surface area contributed by atoms with Gasteiger partial charge in [-0.1, -0.05) is 12.1 Å². The lowest BCUT2D eigenvalue weighted by molar-refractivity contribution is 0.0969. The van der Waals surface area contributed by atoms with Crippen LogP contribution in [0, 0.1) is 0 Å². The van der Waals surface area contributed by atoms with Gasteiger partial charge in [0.15, 0.2) is 0 Å². The Balaban J connectivity index is 2.12. The molecule has 1 aliphatic rings. The number of rotatable bonds is 3. The normalized spacial score (nSPS) is 15.2. The van der Waals surface area contributed by atoms with Crippen LogP contribution < -0.4 is 14.4 Å². The Morgan fingerprint density at radius 1 is 1.00 bits per heavy atom. The molecule has 25 heavy (non-hydrogen) atoms. The standard InChI is InChI=1S/C21H23NO3/c1-14-13-21(2,3)22(19-10-9-17(25-5)12-18(14)19)20(23)15-7-6-8-16(11-15)24-4/h6-13H,1-5H3. The molecule has 0 aliphatic carbocycles. The van der Waals surface area contributed by atoms with Crippen LogP contribution in [0.3, 0.4) is 0 Å². The predicted molar refractivity (Wildman–Crippen MR) is 101 cm³/mol. The van der Waals surface area contributed by atoms with Gasteiger partial charge in [0.05, 0.1) is 25.4 Å². The third-order valence-corrected chi connectivity index (χ3v) is 4.54. The van der Waals surface area contributed by atoms with Crippen molar-refractivity contribution in [2.45, 2.75) is 26.3 Å². The average Bonchev–Trinajstić information content (AvgIpc) is 2.60. The van der Waals surface area contributed by atoms with E-state index in [1.165, 1.54) is 0 Å². The van der Waals surface area contributed by atoms with Gasteiger partial charge in [-0.25, -0.2) is 0 Å². The number of carbonyl (C=O) groups excluding carboxylic acids is 1. The molecule has 0 fully saturated rings. The molecule has 0 spiro atoms. The molecule has 0 unspecified atom stereocenters. The van der Waals surface area contributed by atoms with Crippen LogP contribution in [0.15, 0.2) is 48.5 Å². The van der Waals surface area contributed by atoms with E-state index in [2.05, 4.69) is 13.0 Å². The summed E-state index contributed by atoms with van der Waals surface area (Å²) < 4.78 is 10.6. The summed E-state index contributed by atoms with van der Waals surface area (Å²) in [6.07, 6.45) is 2.12. The van der Waals surface area contributed by atoms with Crippen molar-refractivity contribution in [3.63, 3.8) is 0 Å². The minimum Gasteiger partial charge on any atom is -0.497 e. The van der Waals surface area contributed by atoms with Gasteiger partial charge in [0.1, 0.15) is 11.5 Å². The van der Waals surface area contributed by atoms with Crippen LogP contribution in [0.1, 0.15) is 36.7 Å². The number of fused-ring (bicyclic) bond motifs is 1. The molecule has 1 aliphatic heterocycles. The molecule has 3 rings (SSSR count). The molecule has 0 saturated carbocycles. The number of ether oxygens (including phenoxy) is 2. The van der Waals surface area contributed by atoms with Crippen LogP contribution in [-0.2, 0) is 0 Å². The Morgan fingerprint density at radius 3 is 2.36 bits per heavy atom. The van der Waals surface area contributed by atoms with E-state index in [9.17, 15) is 4.79 Å². The second-order valence-electron chi connectivity index (χ2n) is 6.74. The summed E-state index contributed by atoms with van der Waals surface area (Å²) in [7, 11) is 3.24. The third-order valence-electron chi connectivity index (χ3n) is 4.54. The molecule has 0 radical (unpaired) electrons. The van der Waals surface area contributed by atoms with Crippen LogP contribution >= 0.6 is 0 Å². The van der Waals surface area contributed by atoms with Gasteiger partial charge in [-0.3, -0.25) is 9.69 Å². The Bertz CT molecular complexity index is 852. The van der Waals surface area contributed by atoms with E-state index in [0.717, 1.165) is 22.6 Å². The van der Waals surface area contributed by atoms with Gasteiger partial charge in [0, 0.05) is 11.1 Å². The van der Waals surface area contributed by atoms with Gasteiger partial charge >= 0.3 is 0 Å². The Labute approximate surface area is 148 Å². The van der Waals surface area contributed by atoms with Gasteiger partial charge in [-0.05, 0) is 62.7 Å². The van der Waals surface area contributed by atoms with Gasteiger partial charge in [-0.2, -0.15) is 0 Å². The van der Waals surface area contributed by atoms with E-state index in [-0.39, 0.29) is 5.91 Å². The summed E-state index contributed by atoms with van der Waals surface area (Å²) in [5.41, 5.74) is 3.19. The minimum atomic E-state index is -0.439. The van der Waals surface area contributed by atoms with E-state index in [1.54, 1.807) is 20.3 Å². The molecule has 0 aromatic heterocycles. The maximum Gasteiger partial charge on any atom is 0.259 e. The topological polar surface area (TPSA) is 38.8 Å². The molecule has 4 nitrogen and oxygen atoms in total. The summed E-state index contributed by atoms with van der Waals surface area (Å²) >= 11 is 0. The molecule has 4 heteroatoms. The van der Waals surface area contributed by atoms with Crippen molar-refractivity contribution in [3.8, 4) is 11.5 Å². The fourth-order valence-electron chi connectivity index (χ4n) is 3.39. The molecule has 2 aromatic carbocycles. The number of hydrogen-bond acceptors (Lipinski definition) is 3. The first kappa shape index (κ1) is 17.1. The number of allylic oxidation sites excluding steroid dienone is 1. The van der Waals surface area contributed by atoms with Gasteiger partial charge < -0.3 is 9.47 Å². The van der Waals surface area contributed by atoms with Crippen molar-refractivity contribution in [1.29, 1.82) is 0 Å². The van der Waals surface area contributed by atoms with Crippen LogP contribution in [0.2, 0.25) is 0 Å². The number of anilines is 1. The highest BCUT2D eigenvalue weighted by Gasteiger charge is 2.36. The van der Waals surface area contributed by atoms with Crippen LogP contribution in [0.5, 0.6) is 11.5 Å². The highest BCUT2D eigenvalue weighted by atomic mass is 16.5. The zero-order valence-electron chi connectivity index (χ0n) is 15.3. The van der Waals surface area contributed by atoms with Gasteiger partial charge in [0.2, 0.25) is 0 Å². The number of nitrogens with zero attached hydrogens (tertiary/aromatic N) is 1. The molecule has 1 amide bonds. The summed E-state index contributed by atoms with van der Waals surface area (Å²) in [6.45, 7) is 6.15. The smallest absolute Gasteiger partial charge is 0.259 e. The molecule has 0 N–H and O–H groups in total. The van der Waals surface area contributed by atoms with Crippen molar-refractivity contribution in [3.05, 3.63) is 59.7 Å². The van der Waals surface area contributed by atoms with Crippen LogP contribution in [-0.4, -0.2) is 25.7 Å². The van der Waals surface area contributed by atoms with Gasteiger partial charge in [-0.15, -0.1) is 0 Å². The lowest BCUT2D eigenvalue weighted by Crippen LogP contribution is -2.49. The molecule has 0 bridgehead atoms. The van der Waals surface area contributed by atoms with E-state index in [0.29, 0.717) is 11.3 Å². The molecular formula is C21H23NO3. The predicted octanol–water partition coefficient (Wildman–Crippen LogP) is 4.55. The number of carbonyl (C=O) groups is 1. The summed E-state index contributed by atoms with van der Waals surface area (Å²) in [6, 6.07) is 13.1. The van der Waals surface area contributed by atoms with Crippen molar-refractivity contribution in [2.24, 2.45) is 0 Å². The van der Waals surface area contributed by atoms with E-state index in [1.807, 2.05) is 55.1 Å². The van der Waals surface area contributed by atoms with Crippen molar-refractivity contribution in [1.82, 2.24) is 0 Å². The van der Waals surface area contributed by atoms with Crippen molar-refractivity contribution in [2.75, 3.05) is 19.1 Å². The summed E-state index contributed by atoms with van der Waals surface area (Å²) in [5, 5.41) is 0. The Kier molecular flexibility index (Phi) is 4.29. The second-order valence-corrected chi connectivity index (χ2v) is 6.74. The lowest BCUT2D eigenvalue weighted by atomic mass is 9.88. The zero-order chi connectivity index (χ0) is 18.2. The Morgan fingerprint density at radius 2 is 1.68 bits per heavy atom. The molecule has 0 saturated heterocycles.